The molecule has 0 radical (unpaired) electrons. The Morgan fingerprint density at radius 3 is 2.57 bits per heavy atom. The lowest BCUT2D eigenvalue weighted by molar-refractivity contribution is -0.385. The molecule has 0 aromatic heterocycles. The number of hydrogen-bond donors (Lipinski definition) is 2. The molecule has 0 fully saturated rings. The maximum Gasteiger partial charge on any atom is 0.311 e. The molecule has 0 heterocycles. The van der Waals surface area contributed by atoms with Gasteiger partial charge in [-0.05, 0) is 39.3 Å². The van der Waals surface area contributed by atoms with Gasteiger partial charge in [-0.15, -0.1) is 0 Å². The van der Waals surface area contributed by atoms with E-state index < -0.39 is 22.2 Å². The Hall–Kier alpha value is -2.64. The summed E-state index contributed by atoms with van der Waals surface area (Å²) in [6, 6.07) is 3.94. The Kier molecular flexibility index (Phi) is 6.06. The number of benzene rings is 1. The van der Waals surface area contributed by atoms with E-state index in [1.54, 1.807) is 20.8 Å². The van der Waals surface area contributed by atoms with Crippen LogP contribution in [0, 0.1) is 15.5 Å². The summed E-state index contributed by atoms with van der Waals surface area (Å²) in [6.07, 6.45) is 0.243. The molecule has 1 aromatic carbocycles. The number of carbonyl (C=O) groups excluding carboxylic acids is 1. The molecule has 8 heteroatoms. The van der Waals surface area contributed by atoms with E-state index in [-0.39, 0.29) is 36.6 Å². The van der Waals surface area contributed by atoms with Crippen molar-refractivity contribution in [3.63, 3.8) is 0 Å². The maximum absolute atomic E-state index is 12.0. The average molecular weight is 324 g/mol. The minimum atomic E-state index is -0.960. The van der Waals surface area contributed by atoms with Gasteiger partial charge in [0, 0.05) is 18.2 Å². The van der Waals surface area contributed by atoms with Crippen LogP contribution in [-0.2, 0) is 4.79 Å². The number of aliphatic carboxylic acids is 1. The third-order valence-electron chi connectivity index (χ3n) is 3.33. The zero-order valence-electron chi connectivity index (χ0n) is 13.3. The molecule has 0 saturated heterocycles. The number of carboxylic acids is 1. The number of rotatable bonds is 8. The number of amides is 1. The first kappa shape index (κ1) is 18.4. The fraction of sp³-hybridized carbons (Fsp3) is 0.467. The first-order valence-electron chi connectivity index (χ1n) is 7.12. The van der Waals surface area contributed by atoms with E-state index in [1.165, 1.54) is 12.1 Å². The molecular weight excluding hydrogens is 304 g/mol. The Balaban J connectivity index is 2.79. The van der Waals surface area contributed by atoms with Crippen LogP contribution < -0.4 is 10.1 Å². The standard InChI is InChI=1S/C15H20N2O6/c1-4-23-12-6-5-10(9-11(12)17(21)22)13(18)16-8-7-15(2,3)14(19)20/h5-6,9H,4,7-8H2,1-3H3,(H,16,18)(H,19,20). The highest BCUT2D eigenvalue weighted by Crippen LogP contribution is 2.28. The molecule has 0 aliphatic heterocycles. The number of nitrogens with zero attached hydrogens (tertiary/aromatic N) is 1. The van der Waals surface area contributed by atoms with Gasteiger partial charge in [0.2, 0.25) is 0 Å². The quantitative estimate of drug-likeness (QED) is 0.559. The van der Waals surface area contributed by atoms with Gasteiger partial charge in [-0.3, -0.25) is 19.7 Å². The van der Waals surface area contributed by atoms with Gasteiger partial charge in [0.15, 0.2) is 5.75 Å². The zero-order chi connectivity index (χ0) is 17.6. The zero-order valence-corrected chi connectivity index (χ0v) is 13.3. The summed E-state index contributed by atoms with van der Waals surface area (Å²) in [5.74, 6) is -1.36. The van der Waals surface area contributed by atoms with E-state index >= 15 is 0 Å². The van der Waals surface area contributed by atoms with Crippen molar-refractivity contribution in [2.24, 2.45) is 5.41 Å². The number of nitro benzene ring substituents is 1. The van der Waals surface area contributed by atoms with Crippen molar-refractivity contribution in [1.82, 2.24) is 5.32 Å². The molecule has 2 N–H and O–H groups in total. The van der Waals surface area contributed by atoms with Crippen LogP contribution in [-0.4, -0.2) is 35.1 Å². The molecule has 0 aliphatic rings. The van der Waals surface area contributed by atoms with E-state index in [9.17, 15) is 19.7 Å². The van der Waals surface area contributed by atoms with Gasteiger partial charge in [-0.25, -0.2) is 0 Å². The van der Waals surface area contributed by atoms with Crippen LogP contribution in [0.5, 0.6) is 5.75 Å². The SMILES string of the molecule is CCOc1ccc(C(=O)NCCC(C)(C)C(=O)O)cc1[N+](=O)[O-]. The largest absolute Gasteiger partial charge is 0.487 e. The number of carbonyl (C=O) groups is 2. The number of nitrogens with one attached hydrogen (secondary N) is 1. The van der Waals surface area contributed by atoms with Crippen molar-refractivity contribution in [3.05, 3.63) is 33.9 Å². The molecule has 0 saturated carbocycles. The molecule has 1 amide bonds. The second-order valence-electron chi connectivity index (χ2n) is 5.57. The van der Waals surface area contributed by atoms with Gasteiger partial charge in [-0.1, -0.05) is 0 Å². The molecule has 0 unspecified atom stereocenters. The molecular formula is C15H20N2O6. The van der Waals surface area contributed by atoms with Crippen LogP contribution >= 0.6 is 0 Å². The lowest BCUT2D eigenvalue weighted by atomic mass is 9.90. The van der Waals surface area contributed by atoms with Crippen molar-refractivity contribution in [2.75, 3.05) is 13.2 Å². The predicted molar refractivity (Wildman–Crippen MR) is 82.6 cm³/mol. The third kappa shape index (κ3) is 4.94. The summed E-state index contributed by atoms with van der Waals surface area (Å²) in [6.45, 7) is 5.25. The van der Waals surface area contributed by atoms with Gasteiger partial charge in [0.1, 0.15) is 0 Å². The third-order valence-corrected chi connectivity index (χ3v) is 3.33. The summed E-state index contributed by atoms with van der Waals surface area (Å²) < 4.78 is 5.15. The van der Waals surface area contributed by atoms with Crippen LogP contribution in [0.1, 0.15) is 37.6 Å². The highest BCUT2D eigenvalue weighted by atomic mass is 16.6. The van der Waals surface area contributed by atoms with Gasteiger partial charge in [0.05, 0.1) is 16.9 Å². The topological polar surface area (TPSA) is 119 Å². The van der Waals surface area contributed by atoms with Gasteiger partial charge in [0.25, 0.3) is 5.91 Å². The van der Waals surface area contributed by atoms with Gasteiger partial charge in [-0.2, -0.15) is 0 Å². The molecule has 0 atom stereocenters. The van der Waals surface area contributed by atoms with Gasteiger partial charge >= 0.3 is 11.7 Å². The normalized spacial score (nSPS) is 10.9. The molecule has 0 aliphatic carbocycles. The lowest BCUT2D eigenvalue weighted by Gasteiger charge is -2.18. The summed E-state index contributed by atoms with van der Waals surface area (Å²) in [5.41, 5.74) is -1.13. The summed E-state index contributed by atoms with van der Waals surface area (Å²) in [7, 11) is 0. The van der Waals surface area contributed by atoms with Crippen LogP contribution in [0.25, 0.3) is 0 Å². The summed E-state index contributed by atoms with van der Waals surface area (Å²) in [5, 5.41) is 22.6. The first-order valence-corrected chi connectivity index (χ1v) is 7.12. The Morgan fingerprint density at radius 2 is 2.04 bits per heavy atom. The molecule has 1 rings (SSSR count). The highest BCUT2D eigenvalue weighted by Gasteiger charge is 2.26. The van der Waals surface area contributed by atoms with Crippen LogP contribution in [0.4, 0.5) is 5.69 Å². The molecule has 23 heavy (non-hydrogen) atoms. The second-order valence-corrected chi connectivity index (χ2v) is 5.57. The maximum atomic E-state index is 12.0. The number of nitro groups is 1. The molecule has 0 spiro atoms. The summed E-state index contributed by atoms with van der Waals surface area (Å²) in [4.78, 5) is 33.4. The minimum absolute atomic E-state index is 0.0982. The number of carboxylic acid groups (broad SMARTS) is 1. The van der Waals surface area contributed by atoms with E-state index in [0.717, 1.165) is 6.07 Å². The predicted octanol–water partition coefficient (Wildman–Crippen LogP) is 2.22. The van der Waals surface area contributed by atoms with Crippen molar-refractivity contribution in [3.8, 4) is 5.75 Å². The van der Waals surface area contributed by atoms with Crippen LogP contribution in [0.3, 0.4) is 0 Å². The highest BCUT2D eigenvalue weighted by molar-refractivity contribution is 5.95. The fourth-order valence-corrected chi connectivity index (χ4v) is 1.78. The van der Waals surface area contributed by atoms with E-state index in [0.29, 0.717) is 0 Å². The first-order chi connectivity index (χ1) is 10.7. The van der Waals surface area contributed by atoms with Crippen molar-refractivity contribution < 1.29 is 24.4 Å². The van der Waals surface area contributed by atoms with Crippen LogP contribution in [0.2, 0.25) is 0 Å². The lowest BCUT2D eigenvalue weighted by Crippen LogP contribution is -2.31. The molecule has 8 nitrogen and oxygen atoms in total. The van der Waals surface area contributed by atoms with E-state index in [4.69, 9.17) is 9.84 Å². The Bertz CT molecular complexity index is 612. The number of ether oxygens (including phenoxy) is 1. The summed E-state index contributed by atoms with van der Waals surface area (Å²) >= 11 is 0. The van der Waals surface area contributed by atoms with Crippen molar-refractivity contribution in [2.45, 2.75) is 27.2 Å². The van der Waals surface area contributed by atoms with E-state index in [2.05, 4.69) is 5.32 Å². The van der Waals surface area contributed by atoms with E-state index in [1.807, 2.05) is 0 Å². The van der Waals surface area contributed by atoms with Crippen LogP contribution in [0.15, 0.2) is 18.2 Å². The fourth-order valence-electron chi connectivity index (χ4n) is 1.78. The average Bonchev–Trinajstić information content (AvgIpc) is 2.47. The number of hydrogen-bond acceptors (Lipinski definition) is 5. The van der Waals surface area contributed by atoms with Crippen molar-refractivity contribution in [1.29, 1.82) is 0 Å². The molecule has 1 aromatic rings. The van der Waals surface area contributed by atoms with Crippen molar-refractivity contribution >= 4 is 17.6 Å². The Labute approximate surface area is 133 Å². The monoisotopic (exact) mass is 324 g/mol. The van der Waals surface area contributed by atoms with Gasteiger partial charge < -0.3 is 15.2 Å². The minimum Gasteiger partial charge on any atom is -0.487 e. The Morgan fingerprint density at radius 1 is 1.39 bits per heavy atom. The second kappa shape index (κ2) is 7.57. The smallest absolute Gasteiger partial charge is 0.311 e. The molecule has 0 bridgehead atoms. The molecule has 126 valence electrons.